The number of hydrogen-bond donors (Lipinski definition) is 0. The van der Waals surface area contributed by atoms with Crippen LogP contribution in [0.3, 0.4) is 0 Å². The zero-order chi connectivity index (χ0) is 25.7. The Morgan fingerprint density at radius 2 is 0.892 bits per heavy atom. The Labute approximate surface area is 224 Å². The van der Waals surface area contributed by atoms with Crippen LogP contribution in [0, 0.1) is 0 Å². The molecule has 0 saturated heterocycles. The first kappa shape index (κ1) is 25.3. The van der Waals surface area contributed by atoms with Crippen molar-refractivity contribution in [3.8, 4) is 11.5 Å². The normalized spacial score (nSPS) is 11.4. The molecule has 184 valence electrons. The van der Waals surface area contributed by atoms with Crippen LogP contribution in [0.1, 0.15) is 0 Å². The van der Waals surface area contributed by atoms with Crippen molar-refractivity contribution in [2.75, 3.05) is 14.2 Å². The summed E-state index contributed by atoms with van der Waals surface area (Å²) < 4.78 is 15.3. The predicted octanol–water partition coefficient (Wildman–Crippen LogP) is 4.56. The molecule has 0 saturated carbocycles. The first-order chi connectivity index (χ1) is 18.1. The van der Waals surface area contributed by atoms with Gasteiger partial charge in [-0.3, -0.25) is 0 Å². The molecule has 5 aromatic rings. The van der Waals surface area contributed by atoms with Crippen LogP contribution < -0.4 is 38.6 Å². The fourth-order valence-electron chi connectivity index (χ4n) is 5.00. The van der Waals surface area contributed by atoms with Crippen LogP contribution in [0.4, 0.5) is 0 Å². The molecule has 37 heavy (non-hydrogen) atoms. The zero-order valence-electron chi connectivity index (χ0n) is 21.5. The summed E-state index contributed by atoms with van der Waals surface area (Å²) in [6.07, 6.45) is 0. The molecule has 2 nitrogen and oxygen atoms in total. The number of ether oxygens (including phenoxy) is 2. The van der Waals surface area contributed by atoms with E-state index in [2.05, 4.69) is 139 Å². The third-order valence-corrected chi connectivity index (χ3v) is 19.4. The summed E-state index contributed by atoms with van der Waals surface area (Å²) in [4.78, 5) is 0. The standard InChI is InChI=1S/C33H31GeO2P/c1-34(26-18-22-28(35-2)23-19-26,27-20-24-29(36-3)25-21-27)32-16-10-11-17-33(32)37(30-12-6-4-7-13-30)31-14-8-5-9-15-31/h4-25H,1-3H3. The van der Waals surface area contributed by atoms with E-state index in [-0.39, 0.29) is 0 Å². The zero-order valence-corrected chi connectivity index (χ0v) is 24.5. The van der Waals surface area contributed by atoms with E-state index in [9.17, 15) is 0 Å². The fraction of sp³-hybridized carbons (Fsp3) is 0.0909. The van der Waals surface area contributed by atoms with Crippen molar-refractivity contribution in [1.29, 1.82) is 0 Å². The number of hydrogen-bond acceptors (Lipinski definition) is 2. The monoisotopic (exact) mass is 564 g/mol. The Hall–Kier alpha value is -3.33. The maximum atomic E-state index is 5.51. The average Bonchev–Trinajstić information content (AvgIpc) is 2.98. The van der Waals surface area contributed by atoms with Crippen LogP contribution in [0.25, 0.3) is 0 Å². The van der Waals surface area contributed by atoms with E-state index < -0.39 is 21.2 Å². The van der Waals surface area contributed by atoms with Gasteiger partial charge in [-0.1, -0.05) is 0 Å². The van der Waals surface area contributed by atoms with E-state index in [1.165, 1.54) is 29.1 Å². The first-order valence-electron chi connectivity index (χ1n) is 12.4. The molecule has 5 rings (SSSR count). The molecule has 0 aromatic heterocycles. The quantitative estimate of drug-likeness (QED) is 0.204. The molecule has 4 heteroatoms. The summed E-state index contributed by atoms with van der Waals surface area (Å²) in [5, 5.41) is 4.17. The van der Waals surface area contributed by atoms with Gasteiger partial charge in [-0.05, 0) is 0 Å². The van der Waals surface area contributed by atoms with Gasteiger partial charge in [0.2, 0.25) is 0 Å². The number of benzene rings is 5. The first-order valence-corrected chi connectivity index (χ1v) is 19.0. The van der Waals surface area contributed by atoms with Gasteiger partial charge in [-0.2, -0.15) is 0 Å². The van der Waals surface area contributed by atoms with Crippen molar-refractivity contribution >= 4 is 50.3 Å². The molecule has 0 fully saturated rings. The summed E-state index contributed by atoms with van der Waals surface area (Å²) in [6, 6.07) is 48.6. The second-order valence-electron chi connectivity index (χ2n) is 9.11. The summed E-state index contributed by atoms with van der Waals surface area (Å²) in [7, 11) is 2.71. The van der Waals surface area contributed by atoms with Crippen LogP contribution in [0.5, 0.6) is 11.5 Å². The van der Waals surface area contributed by atoms with Crippen molar-refractivity contribution in [2.24, 2.45) is 0 Å². The summed E-state index contributed by atoms with van der Waals surface area (Å²) in [5.41, 5.74) is 0. The molecular weight excluding hydrogens is 532 g/mol. The number of methoxy groups -OCH3 is 2. The van der Waals surface area contributed by atoms with Gasteiger partial charge in [0, 0.05) is 0 Å². The van der Waals surface area contributed by atoms with Crippen LogP contribution in [0.2, 0.25) is 5.76 Å². The van der Waals surface area contributed by atoms with Crippen molar-refractivity contribution < 1.29 is 9.47 Å². The molecule has 0 N–H and O–H groups in total. The van der Waals surface area contributed by atoms with E-state index >= 15 is 0 Å². The molecular formula is C33H31GeO2P. The van der Waals surface area contributed by atoms with Gasteiger partial charge in [-0.25, -0.2) is 0 Å². The van der Waals surface area contributed by atoms with Crippen LogP contribution in [-0.4, -0.2) is 27.5 Å². The van der Waals surface area contributed by atoms with Crippen molar-refractivity contribution in [3.63, 3.8) is 0 Å². The van der Waals surface area contributed by atoms with Crippen LogP contribution in [0.15, 0.2) is 133 Å². The van der Waals surface area contributed by atoms with Crippen molar-refractivity contribution in [1.82, 2.24) is 0 Å². The van der Waals surface area contributed by atoms with Crippen molar-refractivity contribution in [3.05, 3.63) is 133 Å². The van der Waals surface area contributed by atoms with E-state index in [0.717, 1.165) is 11.5 Å². The second-order valence-corrected chi connectivity index (χ2v) is 19.6. The predicted molar refractivity (Wildman–Crippen MR) is 162 cm³/mol. The molecule has 0 aliphatic carbocycles. The third kappa shape index (κ3) is 5.10. The molecule has 5 aromatic carbocycles. The topological polar surface area (TPSA) is 18.5 Å². The van der Waals surface area contributed by atoms with Crippen molar-refractivity contribution in [2.45, 2.75) is 5.76 Å². The van der Waals surface area contributed by atoms with Gasteiger partial charge in [-0.15, -0.1) is 0 Å². The van der Waals surface area contributed by atoms with Crippen LogP contribution in [-0.2, 0) is 0 Å². The Morgan fingerprint density at radius 3 is 1.32 bits per heavy atom. The minimum atomic E-state index is -3.12. The Bertz CT molecular complexity index is 1350. The fourth-order valence-corrected chi connectivity index (χ4v) is 16.9. The molecule has 0 amide bonds. The molecule has 0 atom stereocenters. The molecule has 0 unspecified atom stereocenters. The second kappa shape index (κ2) is 11.4. The summed E-state index contributed by atoms with van der Waals surface area (Å²) in [5.74, 6) is 4.28. The Balaban J connectivity index is 1.78. The molecule has 0 aliphatic rings. The van der Waals surface area contributed by atoms with Crippen LogP contribution >= 0.6 is 7.92 Å². The SMILES string of the molecule is COc1cc[c]([Ge]([CH3])([c]2ccc(OC)cc2)[c]2ccccc2P(c2ccccc2)c2ccccc2)cc1. The maximum absolute atomic E-state index is 5.51. The molecule has 0 bridgehead atoms. The van der Waals surface area contributed by atoms with Gasteiger partial charge in [0.25, 0.3) is 0 Å². The molecule has 0 spiro atoms. The van der Waals surface area contributed by atoms with E-state index in [4.69, 9.17) is 9.47 Å². The van der Waals surface area contributed by atoms with E-state index in [0.29, 0.717) is 0 Å². The summed E-state index contributed by atoms with van der Waals surface area (Å²) >= 11 is -3.12. The van der Waals surface area contributed by atoms with Gasteiger partial charge in [0.15, 0.2) is 0 Å². The van der Waals surface area contributed by atoms with E-state index in [1.54, 1.807) is 14.2 Å². The van der Waals surface area contributed by atoms with Gasteiger partial charge in [0.05, 0.1) is 0 Å². The minimum absolute atomic E-state index is 0.733. The molecule has 0 aliphatic heterocycles. The van der Waals surface area contributed by atoms with Gasteiger partial charge < -0.3 is 0 Å². The number of rotatable bonds is 8. The Morgan fingerprint density at radius 1 is 0.486 bits per heavy atom. The van der Waals surface area contributed by atoms with Gasteiger partial charge >= 0.3 is 225 Å². The summed E-state index contributed by atoms with van der Waals surface area (Å²) in [6.45, 7) is 0. The van der Waals surface area contributed by atoms with Gasteiger partial charge in [0.1, 0.15) is 0 Å². The average molecular weight is 563 g/mol. The van der Waals surface area contributed by atoms with E-state index in [1.807, 2.05) is 0 Å². The third-order valence-electron chi connectivity index (χ3n) is 7.05. The molecule has 0 heterocycles. The Kier molecular flexibility index (Phi) is 7.79. The molecule has 0 radical (unpaired) electrons.